The number of anilines is 1. The third kappa shape index (κ3) is 7.11. The number of benzene rings is 3. The van der Waals surface area contributed by atoms with Crippen LogP contribution in [-0.4, -0.2) is 44.1 Å². The van der Waals surface area contributed by atoms with Crippen molar-refractivity contribution in [3.8, 4) is 11.5 Å². The van der Waals surface area contributed by atoms with Crippen LogP contribution in [0, 0.1) is 18.7 Å². The molecule has 40 heavy (non-hydrogen) atoms. The standard InChI is InChI=1S/C31H32FN5O3/c1-22-4-2-5-23(16-22)6-3-7-24-17-29(37(18-24)30(38)19-36-21-33-20-34-36)31(39)35-26-10-14-28(15-11-26)40-27-12-8-25(32)9-13-27/h2,4-5,8-16,20-21,24,29H,3,6-7,17-19H2,1H3,(H,35,39). The molecule has 1 N–H and O–H groups in total. The maximum Gasteiger partial charge on any atom is 0.247 e. The minimum atomic E-state index is -0.574. The lowest BCUT2D eigenvalue weighted by Gasteiger charge is -2.24. The lowest BCUT2D eigenvalue weighted by Crippen LogP contribution is -2.44. The Morgan fingerprint density at radius 1 is 1.05 bits per heavy atom. The Bertz CT molecular complexity index is 1420. The summed E-state index contributed by atoms with van der Waals surface area (Å²) < 4.78 is 20.4. The highest BCUT2D eigenvalue weighted by Gasteiger charge is 2.39. The molecule has 5 rings (SSSR count). The van der Waals surface area contributed by atoms with Gasteiger partial charge < -0.3 is 15.0 Å². The average molecular weight is 542 g/mol. The van der Waals surface area contributed by atoms with Crippen molar-refractivity contribution < 1.29 is 18.7 Å². The average Bonchev–Trinajstić information content (AvgIpc) is 3.61. The Labute approximate surface area is 232 Å². The molecule has 1 aromatic heterocycles. The predicted molar refractivity (Wildman–Crippen MR) is 149 cm³/mol. The van der Waals surface area contributed by atoms with Crippen molar-refractivity contribution >= 4 is 17.5 Å². The first kappa shape index (κ1) is 27.1. The second-order valence-electron chi connectivity index (χ2n) is 10.2. The van der Waals surface area contributed by atoms with Crippen LogP contribution in [0.3, 0.4) is 0 Å². The van der Waals surface area contributed by atoms with E-state index < -0.39 is 6.04 Å². The Kier molecular flexibility index (Phi) is 8.49. The van der Waals surface area contributed by atoms with Gasteiger partial charge >= 0.3 is 0 Å². The van der Waals surface area contributed by atoms with Gasteiger partial charge in [-0.15, -0.1) is 0 Å². The number of hydrogen-bond donors (Lipinski definition) is 1. The molecule has 1 fully saturated rings. The summed E-state index contributed by atoms with van der Waals surface area (Å²) in [4.78, 5) is 32.2. The summed E-state index contributed by atoms with van der Waals surface area (Å²) in [5, 5.41) is 7.01. The quantitative estimate of drug-likeness (QED) is 0.291. The molecule has 9 heteroatoms. The monoisotopic (exact) mass is 541 g/mol. The summed E-state index contributed by atoms with van der Waals surface area (Å²) in [5.74, 6) is 0.588. The van der Waals surface area contributed by atoms with Crippen LogP contribution in [0.15, 0.2) is 85.5 Å². The zero-order valence-electron chi connectivity index (χ0n) is 22.4. The number of amides is 2. The maximum absolute atomic E-state index is 13.4. The van der Waals surface area contributed by atoms with Gasteiger partial charge in [-0.2, -0.15) is 5.10 Å². The fourth-order valence-electron chi connectivity index (χ4n) is 5.13. The first-order chi connectivity index (χ1) is 19.4. The van der Waals surface area contributed by atoms with Gasteiger partial charge in [0.1, 0.15) is 42.6 Å². The van der Waals surface area contributed by atoms with Crippen LogP contribution in [0.25, 0.3) is 0 Å². The van der Waals surface area contributed by atoms with Crippen molar-refractivity contribution in [3.63, 3.8) is 0 Å². The van der Waals surface area contributed by atoms with Crippen molar-refractivity contribution in [2.75, 3.05) is 11.9 Å². The van der Waals surface area contributed by atoms with Gasteiger partial charge in [0.25, 0.3) is 0 Å². The number of nitrogens with zero attached hydrogens (tertiary/aromatic N) is 4. The molecule has 8 nitrogen and oxygen atoms in total. The highest BCUT2D eigenvalue weighted by molar-refractivity contribution is 5.97. The number of aromatic nitrogens is 3. The summed E-state index contributed by atoms with van der Waals surface area (Å²) >= 11 is 0. The summed E-state index contributed by atoms with van der Waals surface area (Å²) in [6, 6.07) is 20.6. The number of hydrogen-bond acceptors (Lipinski definition) is 5. The van der Waals surface area contributed by atoms with Crippen molar-refractivity contribution in [1.82, 2.24) is 19.7 Å². The molecule has 2 amide bonds. The van der Waals surface area contributed by atoms with Crippen LogP contribution in [0.1, 0.15) is 30.4 Å². The Balaban J connectivity index is 1.21. The van der Waals surface area contributed by atoms with Crippen molar-refractivity contribution in [1.29, 1.82) is 0 Å². The van der Waals surface area contributed by atoms with E-state index in [1.165, 1.54) is 40.6 Å². The molecule has 4 aromatic rings. The topological polar surface area (TPSA) is 89.4 Å². The summed E-state index contributed by atoms with van der Waals surface area (Å²) in [7, 11) is 0. The first-order valence-corrected chi connectivity index (χ1v) is 13.4. The molecule has 3 aromatic carbocycles. The highest BCUT2D eigenvalue weighted by atomic mass is 19.1. The van der Waals surface area contributed by atoms with Crippen LogP contribution >= 0.6 is 0 Å². The fraction of sp³-hybridized carbons (Fsp3) is 0.290. The molecule has 0 aliphatic carbocycles. The van der Waals surface area contributed by atoms with E-state index in [1.54, 1.807) is 41.3 Å². The lowest BCUT2D eigenvalue weighted by molar-refractivity contribution is -0.137. The molecule has 2 heterocycles. The van der Waals surface area contributed by atoms with Gasteiger partial charge in [-0.05, 0) is 92.6 Å². The van der Waals surface area contributed by atoms with Crippen LogP contribution in [0.4, 0.5) is 10.1 Å². The van der Waals surface area contributed by atoms with E-state index in [0.29, 0.717) is 30.2 Å². The maximum atomic E-state index is 13.4. The molecule has 0 spiro atoms. The molecular formula is C31H32FN5O3. The fourth-order valence-corrected chi connectivity index (χ4v) is 5.13. The molecule has 2 atom stereocenters. The third-order valence-corrected chi connectivity index (χ3v) is 7.11. The lowest BCUT2D eigenvalue weighted by atomic mass is 9.96. The van der Waals surface area contributed by atoms with Crippen LogP contribution in [0.5, 0.6) is 11.5 Å². The SMILES string of the molecule is Cc1cccc(CCCC2CC(C(=O)Nc3ccc(Oc4ccc(F)cc4)cc3)N(C(=O)Cn3cncn3)C2)c1. The summed E-state index contributed by atoms with van der Waals surface area (Å²) in [6.45, 7) is 2.66. The molecular weight excluding hydrogens is 509 g/mol. The van der Waals surface area contributed by atoms with Gasteiger partial charge in [-0.3, -0.25) is 9.59 Å². The highest BCUT2D eigenvalue weighted by Crippen LogP contribution is 2.30. The predicted octanol–water partition coefficient (Wildman–Crippen LogP) is 5.40. The molecule has 2 unspecified atom stereocenters. The Hall–Kier alpha value is -4.53. The minimum absolute atomic E-state index is 0.0369. The van der Waals surface area contributed by atoms with Crippen molar-refractivity contribution in [3.05, 3.63) is 102 Å². The van der Waals surface area contributed by atoms with Gasteiger partial charge in [0.2, 0.25) is 11.8 Å². The molecule has 206 valence electrons. The number of likely N-dealkylation sites (tertiary alicyclic amines) is 1. The Morgan fingerprint density at radius 2 is 1.80 bits per heavy atom. The van der Waals surface area contributed by atoms with Crippen LogP contribution in [0.2, 0.25) is 0 Å². The first-order valence-electron chi connectivity index (χ1n) is 13.4. The molecule has 0 saturated carbocycles. The normalized spacial score (nSPS) is 16.6. The molecule has 0 radical (unpaired) electrons. The Morgan fingerprint density at radius 3 is 2.50 bits per heavy atom. The van der Waals surface area contributed by atoms with E-state index in [9.17, 15) is 14.0 Å². The third-order valence-electron chi connectivity index (χ3n) is 7.11. The molecule has 1 aliphatic rings. The number of nitrogens with one attached hydrogen (secondary N) is 1. The van der Waals surface area contributed by atoms with Crippen LogP contribution < -0.4 is 10.1 Å². The summed E-state index contributed by atoms with van der Waals surface area (Å²) in [6.07, 6.45) is 6.38. The zero-order valence-corrected chi connectivity index (χ0v) is 22.4. The van der Waals surface area contributed by atoms with Gasteiger partial charge in [-0.1, -0.05) is 29.8 Å². The van der Waals surface area contributed by atoms with E-state index in [-0.39, 0.29) is 30.1 Å². The second-order valence-corrected chi connectivity index (χ2v) is 10.2. The number of carbonyl (C=O) groups excluding carboxylic acids is 2. The number of ether oxygens (including phenoxy) is 1. The summed E-state index contributed by atoms with van der Waals surface area (Å²) in [5.41, 5.74) is 3.15. The molecule has 1 saturated heterocycles. The van der Waals surface area contributed by atoms with E-state index in [1.807, 2.05) is 0 Å². The molecule has 1 aliphatic heterocycles. The van der Waals surface area contributed by atoms with Crippen LogP contribution in [-0.2, 0) is 22.6 Å². The van der Waals surface area contributed by atoms with Gasteiger partial charge in [-0.25, -0.2) is 14.1 Å². The number of rotatable bonds is 10. The zero-order chi connectivity index (χ0) is 27.9. The van der Waals surface area contributed by atoms with E-state index in [4.69, 9.17) is 4.74 Å². The van der Waals surface area contributed by atoms with E-state index in [2.05, 4.69) is 46.6 Å². The van der Waals surface area contributed by atoms with Gasteiger partial charge in [0, 0.05) is 12.2 Å². The van der Waals surface area contributed by atoms with Crippen molar-refractivity contribution in [2.45, 2.75) is 45.2 Å². The van der Waals surface area contributed by atoms with Gasteiger partial charge in [0.05, 0.1) is 0 Å². The smallest absolute Gasteiger partial charge is 0.247 e. The molecule has 0 bridgehead atoms. The second kappa shape index (κ2) is 12.5. The number of aryl methyl sites for hydroxylation is 2. The minimum Gasteiger partial charge on any atom is -0.457 e. The number of halogens is 1. The van der Waals surface area contributed by atoms with Gasteiger partial charge in [0.15, 0.2) is 0 Å². The van der Waals surface area contributed by atoms with E-state index >= 15 is 0 Å². The number of carbonyl (C=O) groups is 2. The largest absolute Gasteiger partial charge is 0.457 e. The van der Waals surface area contributed by atoms with E-state index in [0.717, 1.165) is 19.3 Å². The van der Waals surface area contributed by atoms with Crippen molar-refractivity contribution in [2.24, 2.45) is 5.92 Å².